The molecule has 0 spiro atoms. The van der Waals surface area contributed by atoms with E-state index in [9.17, 15) is 14.9 Å². The van der Waals surface area contributed by atoms with Gasteiger partial charge < -0.3 is 24.7 Å². The van der Waals surface area contributed by atoms with Crippen molar-refractivity contribution in [2.75, 3.05) is 19.5 Å². The molecule has 3 rings (SSSR count). The van der Waals surface area contributed by atoms with Crippen molar-refractivity contribution >= 4 is 17.4 Å². The second-order valence-corrected chi connectivity index (χ2v) is 6.38. The molecule has 156 valence electrons. The Hall–Kier alpha value is -4.08. The molecule has 0 unspecified atom stereocenters. The second kappa shape index (κ2) is 8.95. The van der Waals surface area contributed by atoms with Crippen molar-refractivity contribution in [3.05, 3.63) is 76.4 Å². The number of carbonyl (C=O) groups is 1. The van der Waals surface area contributed by atoms with Crippen molar-refractivity contribution in [1.29, 1.82) is 0 Å². The maximum atomic E-state index is 12.7. The fourth-order valence-electron chi connectivity index (χ4n) is 2.91. The number of nitro groups is 1. The average molecular weight is 411 g/mol. The minimum absolute atomic E-state index is 0.0599. The normalized spacial score (nSPS) is 11.4. The Balaban J connectivity index is 1.88. The molecule has 0 saturated carbocycles. The first kappa shape index (κ1) is 20.6. The van der Waals surface area contributed by atoms with Gasteiger partial charge in [-0.05, 0) is 29.8 Å². The molecule has 0 fully saturated rings. The standard InChI is InChI=1S/C20H21N5O5/c1-24-9-8-21-19(24)18(13-10-16(29-2)12-17(11-13)30-3)23-20(26)22-14-4-6-15(7-5-14)25(27)28/h4-12,18H,1-3H3,(H2,22,23,26)/t18-/m1/s1. The topological polar surface area (TPSA) is 121 Å². The highest BCUT2D eigenvalue weighted by atomic mass is 16.6. The molecule has 30 heavy (non-hydrogen) atoms. The van der Waals surface area contributed by atoms with Gasteiger partial charge >= 0.3 is 6.03 Å². The summed E-state index contributed by atoms with van der Waals surface area (Å²) in [5.41, 5.74) is 1.06. The summed E-state index contributed by atoms with van der Waals surface area (Å²) in [7, 11) is 4.91. The third kappa shape index (κ3) is 4.66. The Labute approximate surface area is 172 Å². The molecule has 1 atom stereocenters. The predicted octanol–water partition coefficient (Wildman–Crippen LogP) is 3.26. The van der Waals surface area contributed by atoms with Crippen LogP contribution in [0.3, 0.4) is 0 Å². The highest BCUT2D eigenvalue weighted by molar-refractivity contribution is 5.89. The van der Waals surface area contributed by atoms with Crippen molar-refractivity contribution in [3.63, 3.8) is 0 Å². The summed E-state index contributed by atoms with van der Waals surface area (Å²) in [6, 6.07) is 9.75. The number of aromatic nitrogens is 2. The van der Waals surface area contributed by atoms with Gasteiger partial charge in [-0.3, -0.25) is 10.1 Å². The predicted molar refractivity (Wildman–Crippen MR) is 110 cm³/mol. The minimum Gasteiger partial charge on any atom is -0.497 e. The fraction of sp³-hybridized carbons (Fsp3) is 0.200. The van der Waals surface area contributed by atoms with Crippen molar-refractivity contribution < 1.29 is 19.2 Å². The molecule has 1 aromatic heterocycles. The van der Waals surface area contributed by atoms with Crippen molar-refractivity contribution in [1.82, 2.24) is 14.9 Å². The van der Waals surface area contributed by atoms with Gasteiger partial charge in [-0.1, -0.05) is 0 Å². The van der Waals surface area contributed by atoms with Gasteiger partial charge in [0.1, 0.15) is 23.4 Å². The Bertz CT molecular complexity index is 1030. The zero-order chi connectivity index (χ0) is 21.7. The Morgan fingerprint density at radius 2 is 1.77 bits per heavy atom. The van der Waals surface area contributed by atoms with E-state index in [4.69, 9.17) is 9.47 Å². The summed E-state index contributed by atoms with van der Waals surface area (Å²) in [4.78, 5) is 27.3. The van der Waals surface area contributed by atoms with Gasteiger partial charge in [0.25, 0.3) is 5.69 Å². The highest BCUT2D eigenvalue weighted by Crippen LogP contribution is 2.29. The molecule has 0 saturated heterocycles. The van der Waals surface area contributed by atoms with E-state index in [-0.39, 0.29) is 5.69 Å². The Morgan fingerprint density at radius 3 is 2.27 bits per heavy atom. The summed E-state index contributed by atoms with van der Waals surface area (Å²) < 4.78 is 12.5. The molecule has 2 aromatic carbocycles. The number of nitrogens with one attached hydrogen (secondary N) is 2. The zero-order valence-electron chi connectivity index (χ0n) is 16.7. The van der Waals surface area contributed by atoms with E-state index < -0.39 is 17.0 Å². The summed E-state index contributed by atoms with van der Waals surface area (Å²) >= 11 is 0. The molecular formula is C20H21N5O5. The third-order valence-electron chi connectivity index (χ3n) is 4.44. The van der Waals surface area contributed by atoms with Crippen molar-refractivity contribution in [3.8, 4) is 11.5 Å². The van der Waals surface area contributed by atoms with Crippen molar-refractivity contribution in [2.24, 2.45) is 7.05 Å². The first-order chi connectivity index (χ1) is 14.4. The number of anilines is 1. The van der Waals surface area contributed by atoms with Gasteiger partial charge in [0.2, 0.25) is 0 Å². The SMILES string of the molecule is COc1cc(OC)cc([C@@H](NC(=O)Nc2ccc([N+](=O)[O-])cc2)c2nccn2C)c1. The van der Waals surface area contributed by atoms with Gasteiger partial charge in [0, 0.05) is 43.3 Å². The molecule has 1 heterocycles. The molecule has 0 aliphatic rings. The Kier molecular flexibility index (Phi) is 6.16. The van der Waals surface area contributed by atoms with Crippen LogP contribution in [0.4, 0.5) is 16.2 Å². The maximum absolute atomic E-state index is 12.7. The van der Waals surface area contributed by atoms with Gasteiger partial charge in [-0.25, -0.2) is 9.78 Å². The van der Waals surface area contributed by atoms with Crippen LogP contribution in [0.5, 0.6) is 11.5 Å². The van der Waals surface area contributed by atoms with E-state index in [1.807, 2.05) is 7.05 Å². The van der Waals surface area contributed by atoms with Gasteiger partial charge in [-0.15, -0.1) is 0 Å². The zero-order valence-corrected chi connectivity index (χ0v) is 16.7. The number of aryl methyl sites for hydroxylation is 1. The highest BCUT2D eigenvalue weighted by Gasteiger charge is 2.22. The summed E-state index contributed by atoms with van der Waals surface area (Å²) in [5.74, 6) is 1.74. The number of nitro benzene ring substituents is 1. The lowest BCUT2D eigenvalue weighted by Gasteiger charge is -2.21. The lowest BCUT2D eigenvalue weighted by atomic mass is 10.1. The van der Waals surface area contributed by atoms with Crippen molar-refractivity contribution in [2.45, 2.75) is 6.04 Å². The minimum atomic E-state index is -0.605. The number of benzene rings is 2. The number of imidazole rings is 1. The van der Waals surface area contributed by atoms with Crippen LogP contribution < -0.4 is 20.1 Å². The lowest BCUT2D eigenvalue weighted by Crippen LogP contribution is -2.34. The monoisotopic (exact) mass is 411 g/mol. The molecule has 10 heteroatoms. The lowest BCUT2D eigenvalue weighted by molar-refractivity contribution is -0.384. The van der Waals surface area contributed by atoms with Gasteiger partial charge in [0.05, 0.1) is 19.1 Å². The molecule has 0 aliphatic heterocycles. The number of hydrogen-bond acceptors (Lipinski definition) is 6. The fourth-order valence-corrected chi connectivity index (χ4v) is 2.91. The van der Waals surface area contributed by atoms with Crippen LogP contribution in [0.25, 0.3) is 0 Å². The number of amides is 2. The first-order valence-electron chi connectivity index (χ1n) is 8.93. The maximum Gasteiger partial charge on any atom is 0.320 e. The van der Waals surface area contributed by atoms with Crippen LogP contribution in [-0.2, 0) is 7.05 Å². The van der Waals surface area contributed by atoms with E-state index in [1.54, 1.807) is 49.4 Å². The number of urea groups is 1. The van der Waals surface area contributed by atoms with Crippen LogP contribution in [0.2, 0.25) is 0 Å². The van der Waals surface area contributed by atoms with E-state index >= 15 is 0 Å². The van der Waals surface area contributed by atoms with Gasteiger partial charge in [0.15, 0.2) is 0 Å². The van der Waals surface area contributed by atoms with Gasteiger partial charge in [-0.2, -0.15) is 0 Å². The molecule has 0 aliphatic carbocycles. The molecule has 2 amide bonds. The van der Waals surface area contributed by atoms with E-state index in [0.717, 1.165) is 0 Å². The van der Waals surface area contributed by atoms with E-state index in [2.05, 4.69) is 15.6 Å². The molecule has 0 bridgehead atoms. The number of rotatable bonds is 7. The molecule has 2 N–H and O–H groups in total. The van der Waals surface area contributed by atoms with E-state index in [1.165, 1.54) is 24.3 Å². The van der Waals surface area contributed by atoms with E-state index in [0.29, 0.717) is 28.6 Å². The number of nitrogens with zero attached hydrogens (tertiary/aromatic N) is 3. The van der Waals surface area contributed by atoms with Crippen LogP contribution in [-0.4, -0.2) is 34.7 Å². The van der Waals surface area contributed by atoms with Crippen LogP contribution in [0.1, 0.15) is 17.4 Å². The Morgan fingerprint density at radius 1 is 1.13 bits per heavy atom. The third-order valence-corrected chi connectivity index (χ3v) is 4.44. The second-order valence-electron chi connectivity index (χ2n) is 6.38. The molecule has 3 aromatic rings. The average Bonchev–Trinajstić information content (AvgIpc) is 3.17. The number of carbonyl (C=O) groups excluding carboxylic acids is 1. The molecule has 0 radical (unpaired) electrons. The molecule has 10 nitrogen and oxygen atoms in total. The number of methoxy groups -OCH3 is 2. The summed E-state index contributed by atoms with van der Waals surface area (Å²) in [5, 5.41) is 16.3. The van der Waals surface area contributed by atoms with Crippen LogP contribution in [0, 0.1) is 10.1 Å². The quantitative estimate of drug-likeness (QED) is 0.455. The largest absolute Gasteiger partial charge is 0.497 e. The summed E-state index contributed by atoms with van der Waals surface area (Å²) in [6.45, 7) is 0. The smallest absolute Gasteiger partial charge is 0.320 e. The first-order valence-corrected chi connectivity index (χ1v) is 8.93. The number of hydrogen-bond donors (Lipinski definition) is 2. The molecular weight excluding hydrogens is 390 g/mol. The van der Waals surface area contributed by atoms with Crippen LogP contribution in [0.15, 0.2) is 54.9 Å². The number of ether oxygens (including phenoxy) is 2. The van der Waals surface area contributed by atoms with Crippen LogP contribution >= 0.6 is 0 Å². The number of non-ortho nitro benzene ring substituents is 1. The summed E-state index contributed by atoms with van der Waals surface area (Å²) in [6.07, 6.45) is 3.41.